The van der Waals surface area contributed by atoms with Crippen LogP contribution in [0.1, 0.15) is 70.4 Å². The Balaban J connectivity index is 1.70. The first-order valence-corrected chi connectivity index (χ1v) is 8.62. The molecule has 4 atom stereocenters. The summed E-state index contributed by atoms with van der Waals surface area (Å²) >= 11 is 0. The third-order valence-electron chi connectivity index (χ3n) is 6.39. The van der Waals surface area contributed by atoms with Gasteiger partial charge in [0.15, 0.2) is 0 Å². The molecule has 5 rings (SSSR count). The van der Waals surface area contributed by atoms with Crippen molar-refractivity contribution in [2.45, 2.75) is 75.7 Å². The van der Waals surface area contributed by atoms with Gasteiger partial charge in [-0.05, 0) is 72.3 Å². The molecule has 0 aliphatic heterocycles. The molecule has 114 valence electrons. The summed E-state index contributed by atoms with van der Waals surface area (Å²) in [6.45, 7) is 6.82. The molecule has 0 saturated heterocycles. The van der Waals surface area contributed by atoms with E-state index < -0.39 is 0 Å². The van der Waals surface area contributed by atoms with Gasteiger partial charge in [-0.3, -0.25) is 0 Å². The Kier molecular flexibility index (Phi) is 2.72. The lowest BCUT2D eigenvalue weighted by molar-refractivity contribution is -0.137. The largest absolute Gasteiger partial charge is 0.390 e. The zero-order chi connectivity index (χ0) is 14.9. The molecule has 4 fully saturated rings. The van der Waals surface area contributed by atoms with Gasteiger partial charge in [-0.15, -0.1) is 0 Å². The van der Waals surface area contributed by atoms with Crippen LogP contribution in [0.4, 0.5) is 0 Å². The Hall–Kier alpha value is -0.820. The van der Waals surface area contributed by atoms with E-state index in [9.17, 15) is 5.11 Å². The van der Waals surface area contributed by atoms with Crippen LogP contribution < -0.4 is 0 Å². The summed E-state index contributed by atoms with van der Waals surface area (Å²) in [6.07, 6.45) is 7.10. The van der Waals surface area contributed by atoms with Crippen molar-refractivity contribution in [3.05, 3.63) is 35.4 Å². The molecule has 0 amide bonds. The predicted molar refractivity (Wildman–Crippen MR) is 86.5 cm³/mol. The van der Waals surface area contributed by atoms with Crippen molar-refractivity contribution in [3.8, 4) is 0 Å². The van der Waals surface area contributed by atoms with Crippen molar-refractivity contribution in [1.82, 2.24) is 0 Å². The lowest BCUT2D eigenvalue weighted by Crippen LogP contribution is -2.57. The first kappa shape index (κ1) is 13.8. The second kappa shape index (κ2) is 4.13. The SMILES string of the molecule is CC(C)(C)c1ccc(C23C[C@@H]4C[C@@H](CC(O)(C4)C2)C3)cc1. The van der Waals surface area contributed by atoms with Crippen molar-refractivity contribution >= 4 is 0 Å². The fraction of sp³-hybridized carbons (Fsp3) is 0.700. The lowest BCUT2D eigenvalue weighted by Gasteiger charge is -2.60. The van der Waals surface area contributed by atoms with Crippen LogP contribution in [0.2, 0.25) is 0 Å². The Morgan fingerprint density at radius 1 is 0.952 bits per heavy atom. The number of hydrogen-bond acceptors (Lipinski definition) is 1. The highest BCUT2D eigenvalue weighted by Crippen LogP contribution is 2.62. The van der Waals surface area contributed by atoms with Crippen LogP contribution in [0.5, 0.6) is 0 Å². The van der Waals surface area contributed by atoms with E-state index in [1.807, 2.05) is 0 Å². The van der Waals surface area contributed by atoms with Gasteiger partial charge >= 0.3 is 0 Å². The standard InChI is InChI=1S/C20H28O/c1-18(2,3)16-4-6-17(7-5-16)19-9-14-8-15(10-19)12-20(21,11-14)13-19/h4-7,14-15,21H,8-13H2,1-3H3/t14-,15+,19?,20?. The molecule has 1 aromatic carbocycles. The van der Waals surface area contributed by atoms with Crippen LogP contribution in [0, 0.1) is 11.8 Å². The summed E-state index contributed by atoms with van der Waals surface area (Å²) in [6, 6.07) is 9.35. The van der Waals surface area contributed by atoms with Crippen LogP contribution in [0.3, 0.4) is 0 Å². The van der Waals surface area contributed by atoms with Gasteiger partial charge in [-0.1, -0.05) is 45.0 Å². The molecule has 4 aliphatic carbocycles. The normalized spacial score (nSPS) is 41.5. The second-order valence-corrected chi connectivity index (χ2v) is 9.29. The van der Waals surface area contributed by atoms with Gasteiger partial charge in [0.1, 0.15) is 0 Å². The molecule has 1 N–H and O–H groups in total. The smallest absolute Gasteiger partial charge is 0.0661 e. The Labute approximate surface area is 128 Å². The lowest BCUT2D eigenvalue weighted by atomic mass is 9.46. The maximum absolute atomic E-state index is 10.9. The highest BCUT2D eigenvalue weighted by Gasteiger charge is 2.57. The van der Waals surface area contributed by atoms with Gasteiger partial charge in [0.05, 0.1) is 5.60 Å². The minimum absolute atomic E-state index is 0.220. The monoisotopic (exact) mass is 284 g/mol. The van der Waals surface area contributed by atoms with Gasteiger partial charge < -0.3 is 5.11 Å². The molecule has 0 aromatic heterocycles. The summed E-state index contributed by atoms with van der Waals surface area (Å²) in [7, 11) is 0. The quantitative estimate of drug-likeness (QED) is 0.801. The molecule has 1 nitrogen and oxygen atoms in total. The van der Waals surface area contributed by atoms with Crippen molar-refractivity contribution in [2.75, 3.05) is 0 Å². The van der Waals surface area contributed by atoms with E-state index in [4.69, 9.17) is 0 Å². The van der Waals surface area contributed by atoms with Gasteiger partial charge in [0.25, 0.3) is 0 Å². The summed E-state index contributed by atoms with van der Waals surface area (Å²) in [5.41, 5.74) is 3.04. The Bertz CT molecular complexity index is 534. The number of rotatable bonds is 1. The molecule has 4 aliphatic rings. The molecule has 21 heavy (non-hydrogen) atoms. The molecule has 4 bridgehead atoms. The Morgan fingerprint density at radius 3 is 2.00 bits per heavy atom. The molecular weight excluding hydrogens is 256 g/mol. The number of benzene rings is 1. The Morgan fingerprint density at radius 2 is 1.52 bits per heavy atom. The fourth-order valence-corrected chi connectivity index (χ4v) is 5.88. The van der Waals surface area contributed by atoms with E-state index in [-0.39, 0.29) is 16.4 Å². The minimum atomic E-state index is -0.354. The first-order valence-electron chi connectivity index (χ1n) is 8.62. The third-order valence-corrected chi connectivity index (χ3v) is 6.39. The second-order valence-electron chi connectivity index (χ2n) is 9.29. The zero-order valence-electron chi connectivity index (χ0n) is 13.7. The van der Waals surface area contributed by atoms with Crippen LogP contribution in [-0.2, 0) is 10.8 Å². The average molecular weight is 284 g/mol. The molecule has 0 spiro atoms. The van der Waals surface area contributed by atoms with E-state index >= 15 is 0 Å². The summed E-state index contributed by atoms with van der Waals surface area (Å²) in [5.74, 6) is 1.53. The van der Waals surface area contributed by atoms with Crippen LogP contribution in [0.15, 0.2) is 24.3 Å². The molecular formula is C20H28O. The maximum atomic E-state index is 10.9. The van der Waals surface area contributed by atoms with Crippen LogP contribution in [0.25, 0.3) is 0 Å². The molecule has 0 heterocycles. The molecule has 4 saturated carbocycles. The van der Waals surface area contributed by atoms with E-state index in [2.05, 4.69) is 45.0 Å². The minimum Gasteiger partial charge on any atom is -0.390 e. The van der Waals surface area contributed by atoms with Crippen molar-refractivity contribution < 1.29 is 5.11 Å². The van der Waals surface area contributed by atoms with Gasteiger partial charge in [-0.25, -0.2) is 0 Å². The van der Waals surface area contributed by atoms with Crippen LogP contribution in [-0.4, -0.2) is 10.7 Å². The number of hydrogen-bond donors (Lipinski definition) is 1. The van der Waals surface area contributed by atoms with E-state index in [1.54, 1.807) is 0 Å². The van der Waals surface area contributed by atoms with Crippen molar-refractivity contribution in [2.24, 2.45) is 11.8 Å². The molecule has 1 heteroatoms. The van der Waals surface area contributed by atoms with Gasteiger partial charge in [0, 0.05) is 0 Å². The highest BCUT2D eigenvalue weighted by atomic mass is 16.3. The van der Waals surface area contributed by atoms with E-state index in [0.29, 0.717) is 0 Å². The highest BCUT2D eigenvalue weighted by molar-refractivity contribution is 5.35. The molecule has 0 radical (unpaired) electrons. The summed E-state index contributed by atoms with van der Waals surface area (Å²) < 4.78 is 0. The summed E-state index contributed by atoms with van der Waals surface area (Å²) in [5, 5.41) is 10.9. The van der Waals surface area contributed by atoms with E-state index in [1.165, 1.54) is 30.4 Å². The number of aliphatic hydroxyl groups is 1. The zero-order valence-corrected chi connectivity index (χ0v) is 13.7. The van der Waals surface area contributed by atoms with Gasteiger partial charge in [-0.2, -0.15) is 0 Å². The van der Waals surface area contributed by atoms with Crippen LogP contribution >= 0.6 is 0 Å². The van der Waals surface area contributed by atoms with E-state index in [0.717, 1.165) is 31.1 Å². The van der Waals surface area contributed by atoms with Gasteiger partial charge in [0.2, 0.25) is 0 Å². The summed E-state index contributed by atoms with van der Waals surface area (Å²) in [4.78, 5) is 0. The fourth-order valence-electron chi connectivity index (χ4n) is 5.88. The average Bonchev–Trinajstić information content (AvgIpc) is 2.35. The van der Waals surface area contributed by atoms with Crippen molar-refractivity contribution in [1.29, 1.82) is 0 Å². The molecule has 2 unspecified atom stereocenters. The third kappa shape index (κ3) is 2.16. The van der Waals surface area contributed by atoms with Crippen molar-refractivity contribution in [3.63, 3.8) is 0 Å². The topological polar surface area (TPSA) is 20.2 Å². The maximum Gasteiger partial charge on any atom is 0.0661 e. The molecule has 1 aromatic rings. The first-order chi connectivity index (χ1) is 9.78. The predicted octanol–water partition coefficient (Wildman–Crippen LogP) is 4.57.